The highest BCUT2D eigenvalue weighted by Gasteiger charge is 2.10. The third-order valence-corrected chi connectivity index (χ3v) is 2.88. The second kappa shape index (κ2) is 7.38. The van der Waals surface area contributed by atoms with Gasteiger partial charge in [0.05, 0.1) is 31.5 Å². The van der Waals surface area contributed by atoms with Gasteiger partial charge in [0, 0.05) is 0 Å². The SMILES string of the molecule is CCCOc1ccccc1NCc1cc(C(=O)OC)co1. The van der Waals surface area contributed by atoms with Crippen LogP contribution in [0.2, 0.25) is 0 Å². The van der Waals surface area contributed by atoms with Crippen molar-refractivity contribution < 1.29 is 18.7 Å². The first kappa shape index (κ1) is 15.0. The van der Waals surface area contributed by atoms with Crippen molar-refractivity contribution in [2.24, 2.45) is 0 Å². The van der Waals surface area contributed by atoms with Crippen molar-refractivity contribution in [2.75, 3.05) is 19.0 Å². The number of hydrogen-bond donors (Lipinski definition) is 1. The Kier molecular flexibility index (Phi) is 5.26. The van der Waals surface area contributed by atoms with Gasteiger partial charge in [-0.15, -0.1) is 0 Å². The zero-order chi connectivity index (χ0) is 15.1. The third kappa shape index (κ3) is 4.02. The lowest BCUT2D eigenvalue weighted by atomic mass is 10.2. The van der Waals surface area contributed by atoms with E-state index in [1.165, 1.54) is 13.4 Å². The molecule has 2 rings (SSSR count). The normalized spacial score (nSPS) is 10.2. The Balaban J connectivity index is 1.99. The summed E-state index contributed by atoms with van der Waals surface area (Å²) in [6, 6.07) is 9.38. The molecule has 0 unspecified atom stereocenters. The van der Waals surface area contributed by atoms with E-state index < -0.39 is 5.97 Å². The van der Waals surface area contributed by atoms with Gasteiger partial charge in [0.15, 0.2) is 0 Å². The van der Waals surface area contributed by atoms with Crippen molar-refractivity contribution in [2.45, 2.75) is 19.9 Å². The maximum Gasteiger partial charge on any atom is 0.341 e. The Hall–Kier alpha value is -2.43. The van der Waals surface area contributed by atoms with Crippen LogP contribution in [0, 0.1) is 0 Å². The molecule has 0 aliphatic carbocycles. The number of para-hydroxylation sites is 2. The second-order valence-electron chi connectivity index (χ2n) is 4.49. The first-order valence-electron chi connectivity index (χ1n) is 6.86. The first-order chi connectivity index (χ1) is 10.2. The van der Waals surface area contributed by atoms with Crippen LogP contribution in [0.3, 0.4) is 0 Å². The summed E-state index contributed by atoms with van der Waals surface area (Å²) in [6.07, 6.45) is 2.34. The van der Waals surface area contributed by atoms with Crippen LogP contribution in [0.25, 0.3) is 0 Å². The molecule has 21 heavy (non-hydrogen) atoms. The van der Waals surface area contributed by atoms with Crippen molar-refractivity contribution in [1.82, 2.24) is 0 Å². The molecule has 1 heterocycles. The number of anilines is 1. The highest BCUT2D eigenvalue weighted by molar-refractivity contribution is 5.89. The van der Waals surface area contributed by atoms with E-state index in [0.717, 1.165) is 17.9 Å². The van der Waals surface area contributed by atoms with Crippen molar-refractivity contribution in [1.29, 1.82) is 0 Å². The minimum absolute atomic E-state index is 0.406. The average molecular weight is 289 g/mol. The largest absolute Gasteiger partial charge is 0.491 e. The molecule has 1 aromatic carbocycles. The molecule has 0 spiro atoms. The molecule has 0 fully saturated rings. The topological polar surface area (TPSA) is 60.7 Å². The quantitative estimate of drug-likeness (QED) is 0.791. The molecule has 0 saturated carbocycles. The monoisotopic (exact) mass is 289 g/mol. The predicted molar refractivity (Wildman–Crippen MR) is 79.6 cm³/mol. The fourth-order valence-corrected chi connectivity index (χ4v) is 1.83. The number of nitrogens with one attached hydrogen (secondary N) is 1. The van der Waals surface area contributed by atoms with E-state index in [2.05, 4.69) is 17.0 Å². The van der Waals surface area contributed by atoms with Crippen LogP contribution in [0.4, 0.5) is 5.69 Å². The zero-order valence-electron chi connectivity index (χ0n) is 12.2. The van der Waals surface area contributed by atoms with Gasteiger partial charge in [0.2, 0.25) is 0 Å². The highest BCUT2D eigenvalue weighted by Crippen LogP contribution is 2.24. The van der Waals surface area contributed by atoms with Gasteiger partial charge in [-0.1, -0.05) is 19.1 Å². The number of ether oxygens (including phenoxy) is 2. The fourth-order valence-electron chi connectivity index (χ4n) is 1.83. The van der Waals surface area contributed by atoms with Crippen molar-refractivity contribution in [3.8, 4) is 5.75 Å². The molecule has 0 aliphatic rings. The number of carbonyl (C=O) groups is 1. The fraction of sp³-hybridized carbons (Fsp3) is 0.312. The predicted octanol–water partition coefficient (Wildman–Crippen LogP) is 3.47. The summed E-state index contributed by atoms with van der Waals surface area (Å²) in [5, 5.41) is 3.24. The maximum absolute atomic E-state index is 11.4. The van der Waals surface area contributed by atoms with Gasteiger partial charge in [-0.2, -0.15) is 0 Å². The van der Waals surface area contributed by atoms with Crippen LogP contribution >= 0.6 is 0 Å². The maximum atomic E-state index is 11.4. The van der Waals surface area contributed by atoms with Gasteiger partial charge in [0.1, 0.15) is 17.8 Å². The molecule has 1 N–H and O–H groups in total. The molecule has 0 aliphatic heterocycles. The van der Waals surface area contributed by atoms with Crippen molar-refractivity contribution >= 4 is 11.7 Å². The van der Waals surface area contributed by atoms with Gasteiger partial charge in [0.25, 0.3) is 0 Å². The second-order valence-corrected chi connectivity index (χ2v) is 4.49. The molecular weight excluding hydrogens is 270 g/mol. The smallest absolute Gasteiger partial charge is 0.341 e. The summed E-state index contributed by atoms with van der Waals surface area (Å²) >= 11 is 0. The molecule has 0 amide bonds. The lowest BCUT2D eigenvalue weighted by Crippen LogP contribution is -2.03. The van der Waals surface area contributed by atoms with Crippen LogP contribution in [0.5, 0.6) is 5.75 Å². The molecule has 2 aromatic rings. The Morgan fingerprint density at radius 3 is 2.90 bits per heavy atom. The van der Waals surface area contributed by atoms with E-state index in [0.29, 0.717) is 24.5 Å². The Morgan fingerprint density at radius 2 is 2.14 bits per heavy atom. The Labute approximate surface area is 123 Å². The van der Waals surface area contributed by atoms with E-state index in [4.69, 9.17) is 9.15 Å². The average Bonchev–Trinajstić information content (AvgIpc) is 3.00. The summed E-state index contributed by atoms with van der Waals surface area (Å²) in [7, 11) is 1.34. The lowest BCUT2D eigenvalue weighted by molar-refractivity contribution is 0.0600. The molecule has 112 valence electrons. The van der Waals surface area contributed by atoms with E-state index in [1.807, 2.05) is 24.3 Å². The Morgan fingerprint density at radius 1 is 1.33 bits per heavy atom. The van der Waals surface area contributed by atoms with Crippen LogP contribution in [0.1, 0.15) is 29.5 Å². The van der Waals surface area contributed by atoms with E-state index >= 15 is 0 Å². The minimum Gasteiger partial charge on any atom is -0.491 e. The number of hydrogen-bond acceptors (Lipinski definition) is 5. The van der Waals surface area contributed by atoms with Crippen LogP contribution in [0.15, 0.2) is 41.0 Å². The van der Waals surface area contributed by atoms with Crippen molar-refractivity contribution in [3.63, 3.8) is 0 Å². The van der Waals surface area contributed by atoms with E-state index in [-0.39, 0.29) is 0 Å². The number of furan rings is 1. The molecule has 5 heteroatoms. The summed E-state index contributed by atoms with van der Waals surface area (Å²) in [5.74, 6) is 1.05. The first-order valence-corrected chi connectivity index (χ1v) is 6.86. The number of carbonyl (C=O) groups excluding carboxylic acids is 1. The van der Waals surface area contributed by atoms with E-state index in [1.54, 1.807) is 6.07 Å². The number of esters is 1. The molecule has 1 aromatic heterocycles. The van der Waals surface area contributed by atoms with Crippen LogP contribution < -0.4 is 10.1 Å². The number of benzene rings is 1. The third-order valence-electron chi connectivity index (χ3n) is 2.88. The number of rotatable bonds is 7. The molecule has 0 bridgehead atoms. The Bertz CT molecular complexity index is 591. The summed E-state index contributed by atoms with van der Waals surface area (Å²) in [5.41, 5.74) is 1.30. The van der Waals surface area contributed by atoms with Crippen LogP contribution in [-0.2, 0) is 11.3 Å². The highest BCUT2D eigenvalue weighted by atomic mass is 16.5. The molecule has 0 atom stereocenters. The minimum atomic E-state index is -0.406. The molecule has 5 nitrogen and oxygen atoms in total. The van der Waals surface area contributed by atoms with Gasteiger partial charge < -0.3 is 19.2 Å². The van der Waals surface area contributed by atoms with Crippen LogP contribution in [-0.4, -0.2) is 19.7 Å². The number of methoxy groups -OCH3 is 1. The molecule has 0 saturated heterocycles. The van der Waals surface area contributed by atoms with Crippen molar-refractivity contribution in [3.05, 3.63) is 47.9 Å². The zero-order valence-corrected chi connectivity index (χ0v) is 12.2. The standard InChI is InChI=1S/C16H19NO4/c1-3-8-20-15-7-5-4-6-14(15)17-10-13-9-12(11-21-13)16(18)19-2/h4-7,9,11,17H,3,8,10H2,1-2H3. The summed E-state index contributed by atoms with van der Waals surface area (Å²) < 4.78 is 15.6. The summed E-state index contributed by atoms with van der Waals surface area (Å²) in [4.78, 5) is 11.4. The van der Waals surface area contributed by atoms with E-state index in [9.17, 15) is 4.79 Å². The van der Waals surface area contributed by atoms with Gasteiger partial charge in [-0.25, -0.2) is 4.79 Å². The van der Waals surface area contributed by atoms with Gasteiger partial charge in [-0.05, 0) is 24.6 Å². The molecular formula is C16H19NO4. The van der Waals surface area contributed by atoms with Gasteiger partial charge >= 0.3 is 5.97 Å². The lowest BCUT2D eigenvalue weighted by Gasteiger charge is -2.11. The molecule has 0 radical (unpaired) electrons. The summed E-state index contributed by atoms with van der Waals surface area (Å²) in [6.45, 7) is 3.20. The van der Waals surface area contributed by atoms with Gasteiger partial charge in [-0.3, -0.25) is 0 Å².